The van der Waals surface area contributed by atoms with E-state index in [1.807, 2.05) is 18.2 Å². The molecule has 3 nitrogen and oxygen atoms in total. The lowest BCUT2D eigenvalue weighted by molar-refractivity contribution is 0.301. The molecule has 0 unspecified atom stereocenters. The standard InChI is InChI=1S/C13H12N2O/c1-2-12-11(14-3-1)6-13(16-12)8-4-9-7-15-10(9)5-8/h1-3,5-6,9-10,15H,4,7H2/t9-,10-/m0/s1. The first-order valence-electron chi connectivity index (χ1n) is 5.69. The minimum Gasteiger partial charge on any atom is -0.455 e. The Bertz CT molecular complexity index is 551. The van der Waals surface area contributed by atoms with E-state index in [0.29, 0.717) is 6.04 Å². The molecule has 0 aromatic carbocycles. The van der Waals surface area contributed by atoms with Crippen LogP contribution in [0.1, 0.15) is 12.2 Å². The van der Waals surface area contributed by atoms with Gasteiger partial charge >= 0.3 is 0 Å². The van der Waals surface area contributed by atoms with Gasteiger partial charge in [-0.05, 0) is 30.0 Å². The molecule has 1 aliphatic carbocycles. The summed E-state index contributed by atoms with van der Waals surface area (Å²) in [7, 11) is 0. The van der Waals surface area contributed by atoms with Crippen LogP contribution in [0, 0.1) is 5.92 Å². The first-order valence-corrected chi connectivity index (χ1v) is 5.69. The van der Waals surface area contributed by atoms with Gasteiger partial charge in [-0.3, -0.25) is 4.98 Å². The van der Waals surface area contributed by atoms with E-state index in [0.717, 1.165) is 35.7 Å². The summed E-state index contributed by atoms with van der Waals surface area (Å²) in [5, 5.41) is 3.41. The molecule has 0 saturated carbocycles. The molecule has 3 heterocycles. The number of hydrogen-bond donors (Lipinski definition) is 1. The lowest BCUT2D eigenvalue weighted by Crippen LogP contribution is -2.49. The van der Waals surface area contributed by atoms with Crippen molar-refractivity contribution >= 4 is 16.7 Å². The van der Waals surface area contributed by atoms with E-state index in [4.69, 9.17) is 4.42 Å². The predicted octanol–water partition coefficient (Wildman–Crippen LogP) is 2.20. The fraction of sp³-hybridized carbons (Fsp3) is 0.308. The summed E-state index contributed by atoms with van der Waals surface area (Å²) < 4.78 is 5.82. The quantitative estimate of drug-likeness (QED) is 0.787. The Kier molecular flexibility index (Phi) is 1.57. The molecule has 16 heavy (non-hydrogen) atoms. The number of fused-ring (bicyclic) bond motifs is 2. The summed E-state index contributed by atoms with van der Waals surface area (Å²) in [5.41, 5.74) is 3.16. The normalized spacial score (nSPS) is 27.6. The maximum absolute atomic E-state index is 5.82. The highest BCUT2D eigenvalue weighted by Gasteiger charge is 2.35. The third-order valence-electron chi connectivity index (χ3n) is 3.59. The van der Waals surface area contributed by atoms with Gasteiger partial charge in [-0.25, -0.2) is 0 Å². The molecule has 2 aromatic heterocycles. The summed E-state index contributed by atoms with van der Waals surface area (Å²) >= 11 is 0. The molecule has 80 valence electrons. The van der Waals surface area contributed by atoms with Crippen LogP contribution >= 0.6 is 0 Å². The Hall–Kier alpha value is -1.61. The fourth-order valence-electron chi connectivity index (χ4n) is 2.59. The monoisotopic (exact) mass is 212 g/mol. The van der Waals surface area contributed by atoms with Crippen LogP contribution in [0.3, 0.4) is 0 Å². The molecule has 3 heteroatoms. The predicted molar refractivity (Wildman–Crippen MR) is 61.9 cm³/mol. The molecular formula is C13H12N2O. The molecule has 4 rings (SSSR count). The zero-order chi connectivity index (χ0) is 10.5. The number of rotatable bonds is 1. The van der Waals surface area contributed by atoms with Gasteiger partial charge in [0, 0.05) is 24.8 Å². The summed E-state index contributed by atoms with van der Waals surface area (Å²) in [5.74, 6) is 1.78. The third kappa shape index (κ3) is 1.09. The molecule has 0 amide bonds. The van der Waals surface area contributed by atoms with Crippen molar-refractivity contribution in [3.63, 3.8) is 0 Å². The largest absolute Gasteiger partial charge is 0.455 e. The van der Waals surface area contributed by atoms with Crippen molar-refractivity contribution < 1.29 is 4.42 Å². The first kappa shape index (κ1) is 8.53. The second kappa shape index (κ2) is 2.95. The SMILES string of the molecule is C1=C(c2cc3ncccc3o2)C[C@H]2CN[C@@H]12. The van der Waals surface area contributed by atoms with Crippen molar-refractivity contribution in [3.8, 4) is 0 Å². The molecular weight excluding hydrogens is 200 g/mol. The highest BCUT2D eigenvalue weighted by atomic mass is 16.3. The molecule has 1 N–H and O–H groups in total. The summed E-state index contributed by atoms with van der Waals surface area (Å²) in [6.07, 6.45) is 5.24. The Labute approximate surface area is 93.2 Å². The van der Waals surface area contributed by atoms with E-state index in [1.54, 1.807) is 6.20 Å². The van der Waals surface area contributed by atoms with Crippen molar-refractivity contribution in [1.29, 1.82) is 0 Å². The van der Waals surface area contributed by atoms with Gasteiger partial charge in [0.1, 0.15) is 11.3 Å². The highest BCUT2D eigenvalue weighted by Crippen LogP contribution is 2.37. The Morgan fingerprint density at radius 3 is 3.12 bits per heavy atom. The van der Waals surface area contributed by atoms with E-state index >= 15 is 0 Å². The molecule has 0 spiro atoms. The van der Waals surface area contributed by atoms with Crippen LogP contribution in [0.2, 0.25) is 0 Å². The lowest BCUT2D eigenvalue weighted by atomic mass is 9.94. The molecule has 2 aliphatic rings. The minimum absolute atomic E-state index is 0.580. The molecule has 0 bridgehead atoms. The van der Waals surface area contributed by atoms with Crippen LogP contribution < -0.4 is 5.32 Å². The molecule has 1 fully saturated rings. The van der Waals surface area contributed by atoms with E-state index in [2.05, 4.69) is 16.4 Å². The number of aromatic nitrogens is 1. The third-order valence-corrected chi connectivity index (χ3v) is 3.59. The lowest BCUT2D eigenvalue weighted by Gasteiger charge is -2.31. The van der Waals surface area contributed by atoms with E-state index in [-0.39, 0.29) is 0 Å². The number of pyridine rings is 1. The summed E-state index contributed by atoms with van der Waals surface area (Å²) in [6.45, 7) is 1.14. The molecule has 2 atom stereocenters. The van der Waals surface area contributed by atoms with Gasteiger partial charge < -0.3 is 9.73 Å². The first-order chi connectivity index (χ1) is 7.90. The average Bonchev–Trinajstić information content (AvgIpc) is 2.81. The van der Waals surface area contributed by atoms with Crippen LogP contribution in [0.4, 0.5) is 0 Å². The number of nitrogens with one attached hydrogen (secondary N) is 1. The smallest absolute Gasteiger partial charge is 0.153 e. The maximum atomic E-state index is 5.82. The number of furan rings is 1. The second-order valence-corrected chi connectivity index (χ2v) is 4.59. The van der Waals surface area contributed by atoms with E-state index in [9.17, 15) is 0 Å². The van der Waals surface area contributed by atoms with Crippen molar-refractivity contribution in [1.82, 2.24) is 10.3 Å². The Morgan fingerprint density at radius 1 is 1.44 bits per heavy atom. The maximum Gasteiger partial charge on any atom is 0.153 e. The molecule has 0 radical (unpaired) electrons. The molecule has 1 aliphatic heterocycles. The van der Waals surface area contributed by atoms with Crippen LogP contribution in [0.5, 0.6) is 0 Å². The molecule has 2 aromatic rings. The van der Waals surface area contributed by atoms with Gasteiger partial charge in [0.25, 0.3) is 0 Å². The van der Waals surface area contributed by atoms with Gasteiger partial charge in [-0.15, -0.1) is 0 Å². The van der Waals surface area contributed by atoms with E-state index in [1.165, 1.54) is 5.57 Å². The second-order valence-electron chi connectivity index (χ2n) is 4.59. The number of allylic oxidation sites excluding steroid dienone is 1. The van der Waals surface area contributed by atoms with Gasteiger partial charge in [-0.1, -0.05) is 6.08 Å². The van der Waals surface area contributed by atoms with Crippen molar-refractivity contribution in [2.24, 2.45) is 5.92 Å². The van der Waals surface area contributed by atoms with E-state index < -0.39 is 0 Å². The van der Waals surface area contributed by atoms with Gasteiger partial charge in [-0.2, -0.15) is 0 Å². The van der Waals surface area contributed by atoms with Crippen molar-refractivity contribution in [2.45, 2.75) is 12.5 Å². The van der Waals surface area contributed by atoms with Crippen LogP contribution in [0.25, 0.3) is 16.7 Å². The van der Waals surface area contributed by atoms with Crippen LogP contribution in [0.15, 0.2) is 34.9 Å². The highest BCUT2D eigenvalue weighted by molar-refractivity contribution is 5.79. The molecule has 1 saturated heterocycles. The number of nitrogens with zero attached hydrogens (tertiary/aromatic N) is 1. The van der Waals surface area contributed by atoms with Gasteiger partial charge in [0.2, 0.25) is 0 Å². The van der Waals surface area contributed by atoms with Crippen molar-refractivity contribution in [3.05, 3.63) is 36.2 Å². The zero-order valence-electron chi connectivity index (χ0n) is 8.81. The van der Waals surface area contributed by atoms with Crippen LogP contribution in [-0.4, -0.2) is 17.6 Å². The minimum atomic E-state index is 0.580. The number of hydrogen-bond acceptors (Lipinski definition) is 3. The van der Waals surface area contributed by atoms with Gasteiger partial charge in [0.05, 0.1) is 0 Å². The average molecular weight is 212 g/mol. The Morgan fingerprint density at radius 2 is 2.44 bits per heavy atom. The fourth-order valence-corrected chi connectivity index (χ4v) is 2.59. The summed E-state index contributed by atoms with van der Waals surface area (Å²) in [6, 6.07) is 6.50. The summed E-state index contributed by atoms with van der Waals surface area (Å²) in [4.78, 5) is 4.29. The van der Waals surface area contributed by atoms with Crippen LogP contribution in [-0.2, 0) is 0 Å². The topological polar surface area (TPSA) is 38.1 Å². The zero-order valence-corrected chi connectivity index (χ0v) is 8.81. The Balaban J connectivity index is 1.79. The van der Waals surface area contributed by atoms with Crippen molar-refractivity contribution in [2.75, 3.05) is 6.54 Å². The van der Waals surface area contributed by atoms with Gasteiger partial charge in [0.15, 0.2) is 5.58 Å².